The van der Waals surface area contributed by atoms with Gasteiger partial charge in [-0.1, -0.05) is 31.2 Å². The van der Waals surface area contributed by atoms with E-state index < -0.39 is 0 Å². The maximum absolute atomic E-state index is 12.5. The van der Waals surface area contributed by atoms with Gasteiger partial charge in [0.05, 0.1) is 23.4 Å². The van der Waals surface area contributed by atoms with E-state index in [1.807, 2.05) is 13.0 Å². The molecule has 1 aliphatic rings. The second-order valence-corrected chi connectivity index (χ2v) is 4.81. The van der Waals surface area contributed by atoms with Crippen molar-refractivity contribution in [3.8, 4) is 5.75 Å². The standard InChI is InChI=1S/C17H15NO3/c1-2-11-21-15-10-6-5-9-14(15)18-16(19)12-7-3-4-8-13(12)17(18)20/h3-10H,2,11H2,1H3. The van der Waals surface area contributed by atoms with E-state index in [2.05, 4.69) is 0 Å². The SMILES string of the molecule is CCCOc1ccccc1N1C(=O)c2ccccc2C1=O. The molecule has 1 heterocycles. The fourth-order valence-electron chi connectivity index (χ4n) is 2.38. The second-order valence-electron chi connectivity index (χ2n) is 4.81. The molecule has 0 saturated carbocycles. The highest BCUT2D eigenvalue weighted by atomic mass is 16.5. The zero-order valence-corrected chi connectivity index (χ0v) is 11.7. The summed E-state index contributed by atoms with van der Waals surface area (Å²) >= 11 is 0. The molecule has 21 heavy (non-hydrogen) atoms. The first-order valence-corrected chi connectivity index (χ1v) is 6.93. The molecule has 0 bridgehead atoms. The van der Waals surface area contributed by atoms with Crippen LogP contribution in [-0.2, 0) is 0 Å². The molecule has 0 aliphatic carbocycles. The van der Waals surface area contributed by atoms with Gasteiger partial charge < -0.3 is 4.74 Å². The van der Waals surface area contributed by atoms with Gasteiger partial charge in [0.15, 0.2) is 0 Å². The summed E-state index contributed by atoms with van der Waals surface area (Å²) in [7, 11) is 0. The van der Waals surface area contributed by atoms with Crippen LogP contribution in [0.2, 0.25) is 0 Å². The number of benzene rings is 2. The molecule has 4 heteroatoms. The minimum Gasteiger partial charge on any atom is -0.491 e. The van der Waals surface area contributed by atoms with Crippen LogP contribution >= 0.6 is 0 Å². The molecule has 4 nitrogen and oxygen atoms in total. The Balaban J connectivity index is 2.03. The Kier molecular flexibility index (Phi) is 3.44. The van der Waals surface area contributed by atoms with Crippen LogP contribution in [0, 0.1) is 0 Å². The zero-order chi connectivity index (χ0) is 14.8. The van der Waals surface area contributed by atoms with Crippen molar-refractivity contribution in [1.29, 1.82) is 0 Å². The molecule has 2 amide bonds. The lowest BCUT2D eigenvalue weighted by Gasteiger charge is -2.18. The number of amides is 2. The lowest BCUT2D eigenvalue weighted by atomic mass is 10.1. The molecule has 0 spiro atoms. The van der Waals surface area contributed by atoms with Crippen molar-refractivity contribution in [2.24, 2.45) is 0 Å². The number of nitrogens with zero attached hydrogens (tertiary/aromatic N) is 1. The van der Waals surface area contributed by atoms with Gasteiger partial charge in [0.1, 0.15) is 5.75 Å². The number of rotatable bonds is 4. The number of hydrogen-bond acceptors (Lipinski definition) is 3. The summed E-state index contributed by atoms with van der Waals surface area (Å²) in [6.07, 6.45) is 0.858. The Morgan fingerprint density at radius 1 is 0.905 bits per heavy atom. The van der Waals surface area contributed by atoms with E-state index in [9.17, 15) is 9.59 Å². The smallest absolute Gasteiger partial charge is 0.266 e. The minimum atomic E-state index is -0.303. The fraction of sp³-hybridized carbons (Fsp3) is 0.176. The highest BCUT2D eigenvalue weighted by Crippen LogP contribution is 2.34. The quantitative estimate of drug-likeness (QED) is 0.808. The summed E-state index contributed by atoms with van der Waals surface area (Å²) in [5, 5.41) is 0. The molecule has 0 unspecified atom stereocenters. The van der Waals surface area contributed by atoms with Gasteiger partial charge >= 0.3 is 0 Å². The number of carbonyl (C=O) groups is 2. The van der Waals surface area contributed by atoms with Crippen LogP contribution in [0.25, 0.3) is 0 Å². The molecular formula is C17H15NO3. The summed E-state index contributed by atoms with van der Waals surface area (Å²) in [6.45, 7) is 2.55. The van der Waals surface area contributed by atoms with Crippen molar-refractivity contribution >= 4 is 17.5 Å². The third-order valence-electron chi connectivity index (χ3n) is 3.36. The van der Waals surface area contributed by atoms with Crippen LogP contribution in [0.5, 0.6) is 5.75 Å². The van der Waals surface area contributed by atoms with Gasteiger partial charge in [0.25, 0.3) is 11.8 Å². The highest BCUT2D eigenvalue weighted by molar-refractivity contribution is 6.34. The Labute approximate surface area is 123 Å². The van der Waals surface area contributed by atoms with E-state index in [0.29, 0.717) is 29.2 Å². The zero-order valence-electron chi connectivity index (χ0n) is 11.7. The van der Waals surface area contributed by atoms with Crippen molar-refractivity contribution in [2.45, 2.75) is 13.3 Å². The van der Waals surface area contributed by atoms with Crippen LogP contribution in [0.15, 0.2) is 48.5 Å². The maximum Gasteiger partial charge on any atom is 0.266 e. The van der Waals surface area contributed by atoms with E-state index in [-0.39, 0.29) is 11.8 Å². The largest absolute Gasteiger partial charge is 0.491 e. The van der Waals surface area contributed by atoms with Crippen LogP contribution in [-0.4, -0.2) is 18.4 Å². The molecule has 3 rings (SSSR count). The maximum atomic E-state index is 12.5. The van der Waals surface area contributed by atoms with Crippen LogP contribution in [0.4, 0.5) is 5.69 Å². The normalized spacial score (nSPS) is 13.5. The first-order chi connectivity index (χ1) is 10.2. The van der Waals surface area contributed by atoms with Crippen LogP contribution in [0.1, 0.15) is 34.1 Å². The molecule has 0 saturated heterocycles. The Hall–Kier alpha value is -2.62. The third kappa shape index (κ3) is 2.18. The van der Waals surface area contributed by atoms with Gasteiger partial charge in [-0.2, -0.15) is 0 Å². The predicted molar refractivity (Wildman–Crippen MR) is 79.8 cm³/mol. The van der Waals surface area contributed by atoms with E-state index in [1.165, 1.54) is 4.90 Å². The van der Waals surface area contributed by atoms with Crippen molar-refractivity contribution < 1.29 is 14.3 Å². The fourth-order valence-corrected chi connectivity index (χ4v) is 2.38. The van der Waals surface area contributed by atoms with E-state index in [0.717, 1.165) is 6.42 Å². The number of anilines is 1. The Morgan fingerprint density at radius 2 is 1.48 bits per heavy atom. The van der Waals surface area contributed by atoms with Crippen molar-refractivity contribution in [3.63, 3.8) is 0 Å². The number of carbonyl (C=O) groups excluding carboxylic acids is 2. The van der Waals surface area contributed by atoms with Crippen molar-refractivity contribution in [1.82, 2.24) is 0 Å². The molecule has 0 radical (unpaired) electrons. The molecule has 0 aromatic heterocycles. The average Bonchev–Trinajstić information content (AvgIpc) is 2.78. The molecule has 0 N–H and O–H groups in total. The molecule has 106 valence electrons. The van der Waals surface area contributed by atoms with Gasteiger partial charge in [-0.15, -0.1) is 0 Å². The van der Waals surface area contributed by atoms with E-state index >= 15 is 0 Å². The second kappa shape index (κ2) is 5.40. The summed E-state index contributed by atoms with van der Waals surface area (Å²) in [5.74, 6) is -0.0554. The lowest BCUT2D eigenvalue weighted by molar-refractivity contribution is 0.0925. The molecule has 1 aliphatic heterocycles. The number of para-hydroxylation sites is 2. The monoisotopic (exact) mass is 281 g/mol. The highest BCUT2D eigenvalue weighted by Gasteiger charge is 2.37. The van der Waals surface area contributed by atoms with Gasteiger partial charge in [0, 0.05) is 0 Å². The summed E-state index contributed by atoms with van der Waals surface area (Å²) in [5.41, 5.74) is 1.37. The molecule has 2 aromatic carbocycles. The molecular weight excluding hydrogens is 266 g/mol. The van der Waals surface area contributed by atoms with Gasteiger partial charge in [-0.25, -0.2) is 4.90 Å². The first kappa shape index (κ1) is 13.4. The number of ether oxygens (including phenoxy) is 1. The predicted octanol–water partition coefficient (Wildman–Crippen LogP) is 3.28. The van der Waals surface area contributed by atoms with Crippen LogP contribution < -0.4 is 9.64 Å². The summed E-state index contributed by atoms with van der Waals surface area (Å²) in [6, 6.07) is 14.0. The van der Waals surface area contributed by atoms with Crippen molar-refractivity contribution in [3.05, 3.63) is 59.7 Å². The molecule has 2 aromatic rings. The van der Waals surface area contributed by atoms with Gasteiger partial charge in [0.2, 0.25) is 0 Å². The summed E-state index contributed by atoms with van der Waals surface area (Å²) in [4.78, 5) is 26.2. The van der Waals surface area contributed by atoms with E-state index in [4.69, 9.17) is 4.74 Å². The van der Waals surface area contributed by atoms with Gasteiger partial charge in [-0.3, -0.25) is 9.59 Å². The Morgan fingerprint density at radius 3 is 2.10 bits per heavy atom. The Bertz CT molecular complexity index is 674. The number of fused-ring (bicyclic) bond motifs is 1. The minimum absolute atomic E-state index is 0.303. The molecule has 0 fully saturated rings. The summed E-state index contributed by atoms with van der Waals surface area (Å²) < 4.78 is 5.65. The first-order valence-electron chi connectivity index (χ1n) is 6.93. The average molecular weight is 281 g/mol. The topological polar surface area (TPSA) is 46.6 Å². The number of imide groups is 1. The third-order valence-corrected chi connectivity index (χ3v) is 3.36. The van der Waals surface area contributed by atoms with Crippen LogP contribution in [0.3, 0.4) is 0 Å². The number of hydrogen-bond donors (Lipinski definition) is 0. The van der Waals surface area contributed by atoms with Crippen molar-refractivity contribution in [2.75, 3.05) is 11.5 Å². The van der Waals surface area contributed by atoms with E-state index in [1.54, 1.807) is 42.5 Å². The molecule has 0 atom stereocenters. The van der Waals surface area contributed by atoms with Gasteiger partial charge in [-0.05, 0) is 30.7 Å². The lowest BCUT2D eigenvalue weighted by Crippen LogP contribution is -2.29.